The van der Waals surface area contributed by atoms with Gasteiger partial charge in [0.2, 0.25) is 0 Å². The molecular formula is C7H10O3. The summed E-state index contributed by atoms with van der Waals surface area (Å²) in [5, 5.41) is 0. The van der Waals surface area contributed by atoms with E-state index in [1.165, 1.54) is 0 Å². The summed E-state index contributed by atoms with van der Waals surface area (Å²) in [4.78, 5) is 10.4. The summed E-state index contributed by atoms with van der Waals surface area (Å²) >= 11 is 0. The molecule has 0 spiro atoms. The van der Waals surface area contributed by atoms with Crippen molar-refractivity contribution in [1.29, 1.82) is 0 Å². The van der Waals surface area contributed by atoms with E-state index in [4.69, 9.17) is 0 Å². The van der Waals surface area contributed by atoms with Crippen LogP contribution in [0.1, 0.15) is 6.92 Å². The molecule has 0 saturated carbocycles. The normalized spacial score (nSPS) is 9.30. The van der Waals surface area contributed by atoms with Crippen LogP contribution in [0.15, 0.2) is 25.0 Å². The number of hydrogen-bond acceptors (Lipinski definition) is 3. The van der Waals surface area contributed by atoms with Crippen LogP contribution in [0.2, 0.25) is 0 Å². The van der Waals surface area contributed by atoms with E-state index in [0.29, 0.717) is 0 Å². The molecule has 0 aromatic carbocycles. The van der Waals surface area contributed by atoms with Crippen LogP contribution in [-0.2, 0) is 9.47 Å². The predicted octanol–water partition coefficient (Wildman–Crippen LogP) is 1.86. The zero-order valence-electron chi connectivity index (χ0n) is 5.87. The summed E-state index contributed by atoms with van der Waals surface area (Å²) in [6.07, 6.45) is 3.77. The largest absolute Gasteiger partial charge is 0.513 e. The molecule has 0 amide bonds. The fraction of sp³-hybridized carbons (Fsp3) is 0.286. The van der Waals surface area contributed by atoms with Gasteiger partial charge in [-0.1, -0.05) is 18.7 Å². The van der Waals surface area contributed by atoms with Crippen LogP contribution in [0.5, 0.6) is 0 Å². The van der Waals surface area contributed by atoms with Gasteiger partial charge in [-0.15, -0.1) is 0 Å². The predicted molar refractivity (Wildman–Crippen MR) is 37.4 cm³/mol. The maximum Gasteiger partial charge on any atom is 0.513 e. The number of allylic oxidation sites excluding steroid dienone is 1. The quantitative estimate of drug-likeness (QED) is 0.342. The summed E-state index contributed by atoms with van der Waals surface area (Å²) < 4.78 is 8.76. The van der Waals surface area contributed by atoms with Gasteiger partial charge in [-0.25, -0.2) is 4.79 Å². The maximum absolute atomic E-state index is 10.4. The molecule has 0 aliphatic carbocycles. The molecule has 10 heavy (non-hydrogen) atoms. The van der Waals surface area contributed by atoms with Crippen LogP contribution < -0.4 is 0 Å². The zero-order valence-corrected chi connectivity index (χ0v) is 5.87. The Morgan fingerprint density at radius 3 is 2.90 bits per heavy atom. The van der Waals surface area contributed by atoms with Gasteiger partial charge < -0.3 is 9.47 Å². The summed E-state index contributed by atoms with van der Waals surface area (Å²) in [5.41, 5.74) is 0. The Morgan fingerprint density at radius 1 is 1.70 bits per heavy atom. The van der Waals surface area contributed by atoms with Crippen molar-refractivity contribution >= 4 is 6.16 Å². The topological polar surface area (TPSA) is 35.5 Å². The number of hydrogen-bond donors (Lipinski definition) is 0. The van der Waals surface area contributed by atoms with Gasteiger partial charge in [-0.05, 0) is 6.92 Å². The van der Waals surface area contributed by atoms with Crippen LogP contribution >= 0.6 is 0 Å². The average molecular weight is 142 g/mol. The van der Waals surface area contributed by atoms with Crippen LogP contribution in [0.3, 0.4) is 0 Å². The molecule has 0 aromatic rings. The first-order valence-corrected chi connectivity index (χ1v) is 2.86. The van der Waals surface area contributed by atoms with Crippen LogP contribution in [0.25, 0.3) is 0 Å². The molecule has 0 saturated heterocycles. The van der Waals surface area contributed by atoms with E-state index in [1.54, 1.807) is 12.2 Å². The van der Waals surface area contributed by atoms with E-state index in [2.05, 4.69) is 16.1 Å². The molecule has 0 rings (SSSR count). The van der Waals surface area contributed by atoms with E-state index in [9.17, 15) is 4.79 Å². The molecule has 56 valence electrons. The monoisotopic (exact) mass is 142 g/mol. The lowest BCUT2D eigenvalue weighted by Crippen LogP contribution is -2.02. The number of rotatable bonds is 3. The van der Waals surface area contributed by atoms with Crippen molar-refractivity contribution in [3.63, 3.8) is 0 Å². The van der Waals surface area contributed by atoms with Gasteiger partial charge in [0.05, 0.1) is 6.26 Å². The number of carbonyl (C=O) groups excluding carboxylic acids is 1. The van der Waals surface area contributed by atoms with E-state index >= 15 is 0 Å². The standard InChI is InChI=1S/C7H10O3/c1-3-5-6-10-7(8)9-4-2/h3-5H,2,6H2,1H3. The van der Waals surface area contributed by atoms with Crippen molar-refractivity contribution < 1.29 is 14.3 Å². The van der Waals surface area contributed by atoms with Crippen LogP contribution in [-0.4, -0.2) is 12.8 Å². The van der Waals surface area contributed by atoms with E-state index in [-0.39, 0.29) is 6.61 Å². The van der Waals surface area contributed by atoms with Gasteiger partial charge in [0, 0.05) is 0 Å². The second-order valence-corrected chi connectivity index (χ2v) is 1.41. The summed E-state index contributed by atoms with van der Waals surface area (Å²) in [6.45, 7) is 5.26. The van der Waals surface area contributed by atoms with Crippen molar-refractivity contribution in [2.75, 3.05) is 6.61 Å². The minimum atomic E-state index is -0.729. The van der Waals surface area contributed by atoms with Gasteiger partial charge in [0.15, 0.2) is 0 Å². The Morgan fingerprint density at radius 2 is 2.40 bits per heavy atom. The van der Waals surface area contributed by atoms with Crippen molar-refractivity contribution in [3.8, 4) is 0 Å². The van der Waals surface area contributed by atoms with Crippen molar-refractivity contribution in [2.45, 2.75) is 6.92 Å². The molecule has 0 bridgehead atoms. The Balaban J connectivity index is 3.30. The van der Waals surface area contributed by atoms with Crippen LogP contribution in [0.4, 0.5) is 4.79 Å². The Bertz CT molecular complexity index is 138. The average Bonchev–Trinajstić information content (AvgIpc) is 1.89. The molecule has 0 atom stereocenters. The van der Waals surface area contributed by atoms with E-state index in [1.807, 2.05) is 6.92 Å². The second-order valence-electron chi connectivity index (χ2n) is 1.41. The number of carbonyl (C=O) groups is 1. The van der Waals surface area contributed by atoms with Crippen molar-refractivity contribution in [3.05, 3.63) is 25.0 Å². The highest BCUT2D eigenvalue weighted by atomic mass is 16.7. The fourth-order valence-electron chi connectivity index (χ4n) is 0.314. The number of ether oxygens (including phenoxy) is 2. The SMILES string of the molecule is C=COC(=O)OCC=CC. The second kappa shape index (κ2) is 5.88. The molecule has 0 aliphatic heterocycles. The summed E-state index contributed by atoms with van der Waals surface area (Å²) in [5.74, 6) is 0. The van der Waals surface area contributed by atoms with Gasteiger partial charge in [-0.3, -0.25) is 0 Å². The highest BCUT2D eigenvalue weighted by Crippen LogP contribution is 1.85. The van der Waals surface area contributed by atoms with Gasteiger partial charge in [0.25, 0.3) is 0 Å². The lowest BCUT2D eigenvalue weighted by Gasteiger charge is -1.96. The molecule has 0 radical (unpaired) electrons. The van der Waals surface area contributed by atoms with Crippen molar-refractivity contribution in [1.82, 2.24) is 0 Å². The first kappa shape index (κ1) is 8.75. The Labute approximate surface area is 59.9 Å². The molecule has 0 heterocycles. The van der Waals surface area contributed by atoms with Gasteiger partial charge >= 0.3 is 6.16 Å². The lowest BCUT2D eigenvalue weighted by molar-refractivity contribution is 0.0946. The Hall–Kier alpha value is -1.25. The third kappa shape index (κ3) is 4.90. The first-order chi connectivity index (χ1) is 4.81. The molecular weight excluding hydrogens is 132 g/mol. The zero-order chi connectivity index (χ0) is 7.82. The molecule has 0 fully saturated rings. The summed E-state index contributed by atoms with van der Waals surface area (Å²) in [6, 6.07) is 0. The maximum atomic E-state index is 10.4. The smallest absolute Gasteiger partial charge is 0.430 e. The molecule has 0 aromatic heterocycles. The Kier molecular flexibility index (Phi) is 5.14. The molecule has 0 aliphatic rings. The van der Waals surface area contributed by atoms with Gasteiger partial charge in [-0.2, -0.15) is 0 Å². The minimum Gasteiger partial charge on any atom is -0.430 e. The third-order valence-electron chi connectivity index (χ3n) is 0.713. The summed E-state index contributed by atoms with van der Waals surface area (Å²) in [7, 11) is 0. The molecule has 3 nitrogen and oxygen atoms in total. The lowest BCUT2D eigenvalue weighted by atomic mass is 10.6. The third-order valence-corrected chi connectivity index (χ3v) is 0.713. The van der Waals surface area contributed by atoms with E-state index < -0.39 is 6.16 Å². The molecule has 0 N–H and O–H groups in total. The minimum absolute atomic E-state index is 0.239. The van der Waals surface area contributed by atoms with E-state index in [0.717, 1.165) is 6.26 Å². The van der Waals surface area contributed by atoms with Crippen molar-refractivity contribution in [2.24, 2.45) is 0 Å². The highest BCUT2D eigenvalue weighted by Gasteiger charge is 1.96. The van der Waals surface area contributed by atoms with Crippen LogP contribution in [0, 0.1) is 0 Å². The molecule has 0 unspecified atom stereocenters. The highest BCUT2D eigenvalue weighted by molar-refractivity contribution is 5.60. The van der Waals surface area contributed by atoms with Gasteiger partial charge in [0.1, 0.15) is 6.61 Å². The first-order valence-electron chi connectivity index (χ1n) is 2.86. The molecule has 3 heteroatoms. The fourth-order valence-corrected chi connectivity index (χ4v) is 0.314.